The number of H-pyrrole nitrogens is 1. The first-order chi connectivity index (χ1) is 29.8. The van der Waals surface area contributed by atoms with Gasteiger partial charge in [-0.2, -0.15) is 14.9 Å². The van der Waals surface area contributed by atoms with Crippen molar-refractivity contribution in [1.82, 2.24) is 29.8 Å². The molecular weight excluding hydrogens is 932 g/mol. The summed E-state index contributed by atoms with van der Waals surface area (Å²) in [5.74, 6) is -3.18. The van der Waals surface area contributed by atoms with Gasteiger partial charge in [0.1, 0.15) is 17.2 Å². The van der Waals surface area contributed by atoms with Crippen LogP contribution in [0.1, 0.15) is 60.3 Å². The Hall–Kier alpha value is -4.93. The molecule has 0 aliphatic carbocycles. The molecule has 352 valence electrons. The van der Waals surface area contributed by atoms with Gasteiger partial charge >= 0.3 is 18.2 Å². The third kappa shape index (κ3) is 12.9. The number of likely N-dealkylation sites (tertiary alicyclic amines) is 2. The number of hydrogen-bond acceptors (Lipinski definition) is 10. The topological polar surface area (TPSA) is 206 Å². The highest BCUT2D eigenvalue weighted by Gasteiger charge is 2.50. The van der Waals surface area contributed by atoms with E-state index in [1.165, 1.54) is 52.8 Å². The summed E-state index contributed by atoms with van der Waals surface area (Å²) in [6, 6.07) is 7.76. The van der Waals surface area contributed by atoms with E-state index in [-0.39, 0.29) is 73.8 Å². The second kappa shape index (κ2) is 21.4. The molecule has 0 radical (unpaired) electrons. The Labute approximate surface area is 378 Å². The highest BCUT2D eigenvalue weighted by Crippen LogP contribution is 2.41. The summed E-state index contributed by atoms with van der Waals surface area (Å²) in [5.41, 5.74) is 0.0669. The number of hydrogen-bond donors (Lipinski definition) is 3. The fourth-order valence-electron chi connectivity index (χ4n) is 6.88. The summed E-state index contributed by atoms with van der Waals surface area (Å²) in [7, 11) is -8.82. The third-order valence-electron chi connectivity index (χ3n) is 10.5. The van der Waals surface area contributed by atoms with Crippen LogP contribution in [0.2, 0.25) is 0 Å². The van der Waals surface area contributed by atoms with E-state index < -0.39 is 75.8 Å². The molecular formula is C40H50Cl2F4N8O8S2. The number of urea groups is 2. The van der Waals surface area contributed by atoms with E-state index in [1.54, 1.807) is 20.8 Å². The van der Waals surface area contributed by atoms with Crippen molar-refractivity contribution >= 4 is 72.4 Å². The van der Waals surface area contributed by atoms with Gasteiger partial charge in [0.15, 0.2) is 0 Å². The quantitative estimate of drug-likeness (QED) is 0.113. The van der Waals surface area contributed by atoms with Gasteiger partial charge in [-0.3, -0.25) is 5.10 Å². The standard InChI is InChI=1S/C22H28F2N4O5S.C17H20F2N4O3S.CH2Cl2/c1-21(2,3)33-20(30)28-14-17(13-25-28)26-19(29)27-10-8-15(9-11-27)22(4,24)34(31,32)18-7-5-6-16(23)12-18;1-17(19,27(25,26)15-4-2-3-13(18)9-15)12-5-7-23(8-6-12)16(24)22-14-10-20-21-11-14;2-1-3/h5-7,12-15H,8-11H2,1-4H3,(H,26,29);2-4,9-12H,5-8H2,1H3,(H,20,21)(H,22,24);1H2. The van der Waals surface area contributed by atoms with Gasteiger partial charge in [0, 0.05) is 44.2 Å². The minimum atomic E-state index is -4.45. The van der Waals surface area contributed by atoms with Crippen LogP contribution in [0, 0.1) is 23.5 Å². The molecule has 2 unspecified atom stereocenters. The largest absolute Gasteiger partial charge is 0.442 e. The first-order valence-corrected chi connectivity index (χ1v) is 23.8. The van der Waals surface area contributed by atoms with Crippen LogP contribution in [0.15, 0.2) is 83.1 Å². The van der Waals surface area contributed by atoms with Crippen molar-refractivity contribution in [3.63, 3.8) is 0 Å². The second-order valence-corrected chi connectivity index (χ2v) is 21.4. The molecule has 2 saturated heterocycles. The molecule has 0 spiro atoms. The predicted molar refractivity (Wildman–Crippen MR) is 232 cm³/mol. The summed E-state index contributed by atoms with van der Waals surface area (Å²) in [6.45, 7) is 7.81. The number of halogens is 6. The van der Waals surface area contributed by atoms with Crippen molar-refractivity contribution in [2.24, 2.45) is 11.8 Å². The number of ether oxygens (including phenoxy) is 1. The van der Waals surface area contributed by atoms with Crippen molar-refractivity contribution in [1.29, 1.82) is 0 Å². The van der Waals surface area contributed by atoms with E-state index >= 15 is 8.78 Å². The van der Waals surface area contributed by atoms with Crippen LogP contribution in [-0.4, -0.2) is 112 Å². The second-order valence-electron chi connectivity index (χ2n) is 16.0. The Morgan fingerprint density at radius 3 is 1.55 bits per heavy atom. The predicted octanol–water partition coefficient (Wildman–Crippen LogP) is 8.58. The summed E-state index contributed by atoms with van der Waals surface area (Å²) < 4.78 is 115. The number of carbonyl (C=O) groups is 3. The fraction of sp³-hybridized carbons (Fsp3) is 0.475. The maximum absolute atomic E-state index is 15.6. The lowest BCUT2D eigenvalue weighted by molar-refractivity contribution is 0.0514. The average Bonchev–Trinajstić information content (AvgIpc) is 3.93. The van der Waals surface area contributed by atoms with E-state index in [2.05, 4.69) is 25.9 Å². The molecule has 0 bridgehead atoms. The molecule has 2 fully saturated rings. The number of nitrogens with one attached hydrogen (secondary N) is 3. The van der Waals surface area contributed by atoms with Crippen molar-refractivity contribution in [2.75, 3.05) is 42.2 Å². The number of anilines is 2. The number of alkyl halides is 4. The SMILES string of the molecule is CC(C)(C)OC(=O)n1cc(NC(=O)N2CCC(C(C)(F)S(=O)(=O)c3cccc(F)c3)CC2)cn1.CC(F)(C1CCN(C(=O)Nc2cn[nH]c2)CC1)S(=O)(=O)c1cccc(F)c1.ClCCl. The molecule has 2 aliphatic heterocycles. The number of amides is 4. The highest BCUT2D eigenvalue weighted by molar-refractivity contribution is 7.93. The van der Waals surface area contributed by atoms with E-state index in [9.17, 15) is 40.0 Å². The molecule has 4 amide bonds. The number of benzene rings is 2. The molecule has 4 aromatic rings. The van der Waals surface area contributed by atoms with Crippen molar-refractivity contribution in [3.05, 3.63) is 85.0 Å². The van der Waals surface area contributed by atoms with Gasteiger partial charge in [0.2, 0.25) is 29.7 Å². The molecule has 24 heteroatoms. The number of rotatable bonds is 8. The lowest BCUT2D eigenvalue weighted by Crippen LogP contribution is -2.47. The molecule has 64 heavy (non-hydrogen) atoms. The van der Waals surface area contributed by atoms with Crippen LogP contribution >= 0.6 is 23.2 Å². The van der Waals surface area contributed by atoms with Gasteiger partial charge in [-0.25, -0.2) is 48.8 Å². The number of nitrogens with zero attached hydrogens (tertiary/aromatic N) is 5. The summed E-state index contributed by atoms with van der Waals surface area (Å²) in [6.07, 6.45) is 5.44. The van der Waals surface area contributed by atoms with Gasteiger partial charge in [0.25, 0.3) is 0 Å². The monoisotopic (exact) mass is 980 g/mol. The van der Waals surface area contributed by atoms with Crippen molar-refractivity contribution in [2.45, 2.75) is 85.7 Å². The minimum Gasteiger partial charge on any atom is -0.442 e. The van der Waals surface area contributed by atoms with Crippen LogP contribution in [0.4, 0.5) is 43.3 Å². The smallest absolute Gasteiger partial charge is 0.435 e. The average molecular weight is 982 g/mol. The van der Waals surface area contributed by atoms with Crippen LogP contribution in [-0.2, 0) is 24.4 Å². The van der Waals surface area contributed by atoms with E-state index in [1.807, 2.05) is 0 Å². The van der Waals surface area contributed by atoms with Crippen molar-refractivity contribution in [3.8, 4) is 0 Å². The van der Waals surface area contributed by atoms with E-state index in [0.29, 0.717) is 5.69 Å². The van der Waals surface area contributed by atoms with E-state index in [0.717, 1.165) is 48.9 Å². The number of sulfone groups is 2. The Morgan fingerprint density at radius 2 is 1.17 bits per heavy atom. The van der Waals surface area contributed by atoms with Gasteiger partial charge in [-0.05, 0) is 96.7 Å². The van der Waals surface area contributed by atoms with Crippen molar-refractivity contribution < 1.29 is 53.5 Å². The Morgan fingerprint density at radius 1 is 0.750 bits per heavy atom. The molecule has 2 aliphatic rings. The van der Waals surface area contributed by atoms with Crippen LogP contribution in [0.25, 0.3) is 0 Å². The maximum Gasteiger partial charge on any atom is 0.435 e. The fourth-order valence-corrected chi connectivity index (χ4v) is 10.2. The highest BCUT2D eigenvalue weighted by atomic mass is 35.5. The zero-order valence-electron chi connectivity index (χ0n) is 35.5. The van der Waals surface area contributed by atoms with Crippen LogP contribution in [0.5, 0.6) is 0 Å². The number of piperidine rings is 2. The zero-order valence-corrected chi connectivity index (χ0v) is 38.7. The van der Waals surface area contributed by atoms with Gasteiger partial charge < -0.3 is 25.2 Å². The first-order valence-electron chi connectivity index (χ1n) is 19.7. The summed E-state index contributed by atoms with van der Waals surface area (Å²) in [4.78, 5) is 39.0. The molecule has 6 rings (SSSR count). The van der Waals surface area contributed by atoms with Gasteiger partial charge in [-0.15, -0.1) is 23.2 Å². The Bertz CT molecular complexity index is 2440. The Balaban J connectivity index is 0.000000270. The van der Waals surface area contributed by atoms with Crippen LogP contribution in [0.3, 0.4) is 0 Å². The molecule has 0 saturated carbocycles. The summed E-state index contributed by atoms with van der Waals surface area (Å²) >= 11 is 9.53. The van der Waals surface area contributed by atoms with E-state index in [4.69, 9.17) is 27.9 Å². The zero-order chi connectivity index (χ0) is 47.7. The van der Waals surface area contributed by atoms with Gasteiger partial charge in [-0.1, -0.05) is 12.1 Å². The number of aromatic nitrogens is 4. The molecule has 2 aromatic carbocycles. The maximum atomic E-state index is 15.6. The molecule has 3 N–H and O–H groups in total. The molecule has 16 nitrogen and oxygen atoms in total. The minimum absolute atomic E-state index is 0.103. The molecule has 4 heterocycles. The lowest BCUT2D eigenvalue weighted by Gasteiger charge is -2.37. The third-order valence-corrected chi connectivity index (χ3v) is 15.0. The number of carbonyl (C=O) groups excluding carboxylic acids is 3. The summed E-state index contributed by atoms with van der Waals surface area (Å²) in [5, 5.41) is 10.4. The first kappa shape index (κ1) is 51.7. The van der Waals surface area contributed by atoms with Crippen LogP contribution < -0.4 is 10.6 Å². The molecule has 2 atom stereocenters. The Kier molecular flexibility index (Phi) is 17.3. The normalized spacial score (nSPS) is 17.0. The van der Waals surface area contributed by atoms with Gasteiger partial charge in [0.05, 0.1) is 45.1 Å². The lowest BCUT2D eigenvalue weighted by atomic mass is 9.92. The molecule has 2 aromatic heterocycles. The number of aromatic amines is 1.